The van der Waals surface area contributed by atoms with Crippen LogP contribution in [0, 0.1) is 0 Å². The quantitative estimate of drug-likeness (QED) is 0.204. The number of benzene rings is 3. The van der Waals surface area contributed by atoms with Gasteiger partial charge in [0.25, 0.3) is 11.7 Å². The molecule has 6 heteroatoms. The lowest BCUT2D eigenvalue weighted by Crippen LogP contribution is -2.30. The number of anilines is 1. The summed E-state index contributed by atoms with van der Waals surface area (Å²) in [6.07, 6.45) is 0.794. The zero-order valence-corrected chi connectivity index (χ0v) is 22.7. The molecule has 0 bridgehead atoms. The number of hydrogen-bond donors (Lipinski definition) is 1. The van der Waals surface area contributed by atoms with E-state index in [1.165, 1.54) is 4.90 Å². The molecule has 1 aliphatic heterocycles. The first-order valence-electron chi connectivity index (χ1n) is 13.0. The van der Waals surface area contributed by atoms with Crippen LogP contribution in [0.15, 0.2) is 78.4 Å². The van der Waals surface area contributed by atoms with Gasteiger partial charge < -0.3 is 14.6 Å². The number of hydrogen-bond acceptors (Lipinski definition) is 5. The van der Waals surface area contributed by atoms with Crippen LogP contribution in [-0.4, -0.2) is 30.0 Å². The summed E-state index contributed by atoms with van der Waals surface area (Å²) < 4.78 is 11.5. The van der Waals surface area contributed by atoms with Crippen molar-refractivity contribution in [1.29, 1.82) is 0 Å². The number of Topliss-reactive ketones (excluding diaryl/α,β-unsaturated/α-hetero) is 1. The van der Waals surface area contributed by atoms with Crippen molar-refractivity contribution < 1.29 is 24.2 Å². The molecule has 1 atom stereocenters. The second-order valence-corrected chi connectivity index (χ2v) is 10.3. The summed E-state index contributed by atoms with van der Waals surface area (Å²) >= 11 is 0. The van der Waals surface area contributed by atoms with Crippen molar-refractivity contribution in [2.45, 2.75) is 52.5 Å². The minimum atomic E-state index is -0.832. The van der Waals surface area contributed by atoms with Crippen molar-refractivity contribution in [2.75, 3.05) is 18.1 Å². The molecule has 0 aromatic heterocycles. The van der Waals surface area contributed by atoms with E-state index in [4.69, 9.17) is 9.47 Å². The van der Waals surface area contributed by atoms with Crippen molar-refractivity contribution in [1.82, 2.24) is 0 Å². The van der Waals surface area contributed by atoms with Gasteiger partial charge in [-0.15, -0.1) is 0 Å². The monoisotopic (exact) mass is 513 g/mol. The second kappa shape index (κ2) is 11.1. The first kappa shape index (κ1) is 27.0. The van der Waals surface area contributed by atoms with Crippen LogP contribution in [0.2, 0.25) is 0 Å². The molecule has 0 saturated carbocycles. The van der Waals surface area contributed by atoms with Gasteiger partial charge in [0.1, 0.15) is 17.3 Å². The number of ether oxygens (including phenoxy) is 2. The van der Waals surface area contributed by atoms with Gasteiger partial charge in [-0.05, 0) is 66.3 Å². The fourth-order valence-corrected chi connectivity index (χ4v) is 4.58. The maximum absolute atomic E-state index is 13.6. The number of amides is 1. The third-order valence-corrected chi connectivity index (χ3v) is 6.56. The van der Waals surface area contributed by atoms with Crippen molar-refractivity contribution in [2.24, 2.45) is 0 Å². The Bertz CT molecular complexity index is 1330. The van der Waals surface area contributed by atoms with Gasteiger partial charge in [-0.3, -0.25) is 14.5 Å². The molecule has 38 heavy (non-hydrogen) atoms. The van der Waals surface area contributed by atoms with Crippen LogP contribution in [-0.2, 0) is 15.0 Å². The number of rotatable bonds is 8. The highest BCUT2D eigenvalue weighted by Crippen LogP contribution is 2.45. The Labute approximate surface area is 224 Å². The first-order valence-corrected chi connectivity index (χ1v) is 13.0. The van der Waals surface area contributed by atoms with E-state index in [-0.39, 0.29) is 16.7 Å². The van der Waals surface area contributed by atoms with Crippen LogP contribution in [0.3, 0.4) is 0 Å². The van der Waals surface area contributed by atoms with Gasteiger partial charge in [-0.2, -0.15) is 0 Å². The number of carbonyl (C=O) groups excluding carboxylic acids is 2. The van der Waals surface area contributed by atoms with E-state index >= 15 is 0 Å². The number of carbonyl (C=O) groups is 2. The molecule has 0 radical (unpaired) electrons. The Morgan fingerprint density at radius 3 is 2.16 bits per heavy atom. The molecule has 1 fully saturated rings. The van der Waals surface area contributed by atoms with Crippen molar-refractivity contribution in [3.05, 3.63) is 95.1 Å². The van der Waals surface area contributed by atoms with Gasteiger partial charge >= 0.3 is 0 Å². The molecule has 1 saturated heterocycles. The highest BCUT2D eigenvalue weighted by atomic mass is 16.5. The molecule has 198 valence electrons. The van der Waals surface area contributed by atoms with Gasteiger partial charge in [-0.25, -0.2) is 0 Å². The molecule has 6 nitrogen and oxygen atoms in total. The summed E-state index contributed by atoms with van der Waals surface area (Å²) in [5, 5.41) is 11.4. The number of para-hydroxylation sites is 2. The number of ketones is 1. The van der Waals surface area contributed by atoms with Crippen LogP contribution >= 0.6 is 0 Å². The average molecular weight is 514 g/mol. The maximum atomic E-state index is 13.6. The van der Waals surface area contributed by atoms with Crippen LogP contribution in [0.4, 0.5) is 5.69 Å². The maximum Gasteiger partial charge on any atom is 0.300 e. The molecule has 3 aromatic carbocycles. The molecule has 1 N–H and O–H groups in total. The van der Waals surface area contributed by atoms with E-state index in [1.807, 2.05) is 44.2 Å². The summed E-state index contributed by atoms with van der Waals surface area (Å²) in [7, 11) is 0. The molecule has 0 aliphatic carbocycles. The van der Waals surface area contributed by atoms with Gasteiger partial charge in [0.2, 0.25) is 0 Å². The molecule has 3 aromatic rings. The van der Waals surface area contributed by atoms with E-state index in [0.29, 0.717) is 36.0 Å². The van der Waals surface area contributed by atoms with Crippen LogP contribution < -0.4 is 14.4 Å². The summed E-state index contributed by atoms with van der Waals surface area (Å²) in [6, 6.07) is 21.1. The SMILES string of the molecule is CCCOc1ccccc1N1C(=O)C(=O)/C(=C(\O)c2ccc(OCC)cc2)C1c1ccc(C(C)(C)C)cc1. The lowest BCUT2D eigenvalue weighted by atomic mass is 9.85. The van der Waals surface area contributed by atoms with Crippen molar-refractivity contribution in [3.63, 3.8) is 0 Å². The second-order valence-electron chi connectivity index (χ2n) is 10.3. The van der Waals surface area contributed by atoms with Gasteiger partial charge in [0.15, 0.2) is 0 Å². The van der Waals surface area contributed by atoms with Crippen molar-refractivity contribution >= 4 is 23.1 Å². The normalized spacial score (nSPS) is 17.1. The molecule has 1 heterocycles. The third kappa shape index (κ3) is 5.30. The fourth-order valence-electron chi connectivity index (χ4n) is 4.58. The molecular formula is C32H35NO5. The van der Waals surface area contributed by atoms with Crippen LogP contribution in [0.25, 0.3) is 5.76 Å². The Kier molecular flexibility index (Phi) is 7.91. The Morgan fingerprint density at radius 2 is 1.55 bits per heavy atom. The summed E-state index contributed by atoms with van der Waals surface area (Å²) in [6.45, 7) is 11.3. The smallest absolute Gasteiger partial charge is 0.300 e. The standard InChI is InChI=1S/C32H35NO5/c1-6-20-38-26-11-9-8-10-25(26)33-28(21-12-16-23(17-13-21)32(3,4)5)27(30(35)31(33)36)29(34)22-14-18-24(19-15-22)37-7-2/h8-19,28,34H,6-7,20H2,1-5H3/b29-27-. The largest absolute Gasteiger partial charge is 0.507 e. The number of aliphatic hydroxyl groups is 1. The van der Waals surface area contributed by atoms with E-state index in [1.54, 1.807) is 42.5 Å². The Balaban J connectivity index is 1.90. The Hall–Kier alpha value is -4.06. The van der Waals surface area contributed by atoms with Crippen LogP contribution in [0.1, 0.15) is 63.8 Å². The van der Waals surface area contributed by atoms with Gasteiger partial charge in [0, 0.05) is 5.56 Å². The molecule has 1 aliphatic rings. The van der Waals surface area contributed by atoms with Crippen LogP contribution in [0.5, 0.6) is 11.5 Å². The summed E-state index contributed by atoms with van der Waals surface area (Å²) in [5.74, 6) is -0.526. The topological polar surface area (TPSA) is 76.1 Å². The number of aliphatic hydroxyl groups excluding tert-OH is 1. The molecule has 1 unspecified atom stereocenters. The lowest BCUT2D eigenvalue weighted by molar-refractivity contribution is -0.132. The lowest BCUT2D eigenvalue weighted by Gasteiger charge is -2.28. The molecule has 1 amide bonds. The minimum absolute atomic E-state index is 0.0352. The van der Waals surface area contributed by atoms with E-state index in [0.717, 1.165) is 17.5 Å². The first-order chi connectivity index (χ1) is 18.2. The average Bonchev–Trinajstić information content (AvgIpc) is 3.17. The van der Waals surface area contributed by atoms with E-state index in [9.17, 15) is 14.7 Å². The highest BCUT2D eigenvalue weighted by Gasteiger charge is 2.47. The molecule has 4 rings (SSSR count). The Morgan fingerprint density at radius 1 is 0.895 bits per heavy atom. The molecular weight excluding hydrogens is 478 g/mol. The third-order valence-electron chi connectivity index (χ3n) is 6.56. The van der Waals surface area contributed by atoms with E-state index in [2.05, 4.69) is 20.8 Å². The highest BCUT2D eigenvalue weighted by molar-refractivity contribution is 6.51. The van der Waals surface area contributed by atoms with Crippen molar-refractivity contribution in [3.8, 4) is 11.5 Å². The fraction of sp³-hybridized carbons (Fsp3) is 0.312. The predicted octanol–water partition coefficient (Wildman–Crippen LogP) is 6.80. The predicted molar refractivity (Wildman–Crippen MR) is 150 cm³/mol. The minimum Gasteiger partial charge on any atom is -0.507 e. The van der Waals surface area contributed by atoms with E-state index < -0.39 is 17.7 Å². The zero-order valence-electron chi connectivity index (χ0n) is 22.7. The number of nitrogens with zero attached hydrogens (tertiary/aromatic N) is 1. The zero-order chi connectivity index (χ0) is 27.4. The summed E-state index contributed by atoms with van der Waals surface area (Å²) in [4.78, 5) is 28.6. The van der Waals surface area contributed by atoms with Gasteiger partial charge in [0.05, 0.1) is 30.5 Å². The summed E-state index contributed by atoms with van der Waals surface area (Å²) in [5.41, 5.74) is 2.72. The molecule has 0 spiro atoms. The van der Waals surface area contributed by atoms with Gasteiger partial charge in [-0.1, -0.05) is 64.1 Å².